The standard InChI is InChI=1S/C17H19N7O/c1-13-19-7-6-15(20-13)23-9-2-3-14(23)11-24-17(25)5-4-16(21-24)22-10-8-18-12-22/h4-8,10,12,14H,2-3,9,11H2,1H3. The van der Waals surface area contributed by atoms with E-state index in [9.17, 15) is 4.79 Å². The summed E-state index contributed by atoms with van der Waals surface area (Å²) in [7, 11) is 0. The van der Waals surface area contributed by atoms with Gasteiger partial charge >= 0.3 is 0 Å². The zero-order valence-electron chi connectivity index (χ0n) is 14.0. The minimum atomic E-state index is -0.102. The van der Waals surface area contributed by atoms with Crippen molar-refractivity contribution in [3.63, 3.8) is 0 Å². The highest BCUT2D eigenvalue weighted by Gasteiger charge is 2.26. The molecule has 0 aromatic carbocycles. The summed E-state index contributed by atoms with van der Waals surface area (Å²) < 4.78 is 3.32. The molecule has 1 aliphatic heterocycles. The van der Waals surface area contributed by atoms with Crippen LogP contribution in [0.2, 0.25) is 0 Å². The van der Waals surface area contributed by atoms with E-state index < -0.39 is 0 Å². The SMILES string of the molecule is Cc1nccc(N2CCCC2Cn2nc(-n3ccnc3)ccc2=O)n1. The van der Waals surface area contributed by atoms with Gasteiger partial charge in [-0.1, -0.05) is 0 Å². The molecule has 0 radical (unpaired) electrons. The van der Waals surface area contributed by atoms with Crippen LogP contribution in [0.3, 0.4) is 0 Å². The van der Waals surface area contributed by atoms with E-state index in [1.54, 1.807) is 35.4 Å². The largest absolute Gasteiger partial charge is 0.352 e. The molecule has 1 saturated heterocycles. The van der Waals surface area contributed by atoms with Gasteiger partial charge in [0.25, 0.3) is 5.56 Å². The average molecular weight is 337 g/mol. The Morgan fingerprint density at radius 3 is 2.92 bits per heavy atom. The van der Waals surface area contributed by atoms with Gasteiger partial charge in [-0.25, -0.2) is 19.6 Å². The Bertz CT molecular complexity index is 919. The van der Waals surface area contributed by atoms with Crippen molar-refractivity contribution in [1.29, 1.82) is 0 Å². The lowest BCUT2D eigenvalue weighted by Crippen LogP contribution is -2.37. The maximum Gasteiger partial charge on any atom is 0.266 e. The average Bonchev–Trinajstić information content (AvgIpc) is 3.28. The fourth-order valence-corrected chi connectivity index (χ4v) is 3.23. The van der Waals surface area contributed by atoms with Crippen LogP contribution in [0.4, 0.5) is 5.82 Å². The van der Waals surface area contributed by atoms with Gasteiger partial charge in [0.15, 0.2) is 5.82 Å². The fourth-order valence-electron chi connectivity index (χ4n) is 3.23. The molecule has 0 amide bonds. The molecule has 4 heterocycles. The third-order valence-corrected chi connectivity index (χ3v) is 4.44. The third-order valence-electron chi connectivity index (χ3n) is 4.44. The number of imidazole rings is 1. The molecule has 0 spiro atoms. The van der Waals surface area contributed by atoms with Crippen molar-refractivity contribution in [3.05, 3.63) is 59.3 Å². The second-order valence-corrected chi connectivity index (χ2v) is 6.13. The van der Waals surface area contributed by atoms with Gasteiger partial charge in [-0.15, -0.1) is 0 Å². The first-order valence-electron chi connectivity index (χ1n) is 8.33. The fraction of sp³-hybridized carbons (Fsp3) is 0.353. The van der Waals surface area contributed by atoms with Gasteiger partial charge in [-0.3, -0.25) is 9.36 Å². The zero-order chi connectivity index (χ0) is 17.2. The summed E-state index contributed by atoms with van der Waals surface area (Å²) in [6.07, 6.45) is 9.02. The maximum atomic E-state index is 12.3. The molecule has 128 valence electrons. The van der Waals surface area contributed by atoms with E-state index in [4.69, 9.17) is 0 Å². The Morgan fingerprint density at radius 1 is 1.20 bits per heavy atom. The van der Waals surface area contributed by atoms with E-state index in [1.807, 2.05) is 19.2 Å². The van der Waals surface area contributed by atoms with Gasteiger partial charge in [0, 0.05) is 31.2 Å². The predicted molar refractivity (Wildman–Crippen MR) is 92.8 cm³/mol. The van der Waals surface area contributed by atoms with E-state index in [0.29, 0.717) is 12.4 Å². The minimum absolute atomic E-state index is 0.102. The van der Waals surface area contributed by atoms with Gasteiger partial charge in [0.1, 0.15) is 18.0 Å². The number of rotatable bonds is 4. The van der Waals surface area contributed by atoms with Gasteiger partial charge in [-0.05, 0) is 31.9 Å². The summed E-state index contributed by atoms with van der Waals surface area (Å²) in [6.45, 7) is 3.34. The highest BCUT2D eigenvalue weighted by Crippen LogP contribution is 2.24. The Labute approximate surface area is 144 Å². The second kappa shape index (κ2) is 6.46. The molecular weight excluding hydrogens is 318 g/mol. The van der Waals surface area contributed by atoms with Crippen molar-refractivity contribution in [2.75, 3.05) is 11.4 Å². The summed E-state index contributed by atoms with van der Waals surface area (Å²) in [5.41, 5.74) is -0.102. The van der Waals surface area contributed by atoms with Crippen LogP contribution in [0.25, 0.3) is 5.82 Å². The smallest absolute Gasteiger partial charge is 0.266 e. The third kappa shape index (κ3) is 3.15. The number of aromatic nitrogens is 6. The van der Waals surface area contributed by atoms with Crippen LogP contribution in [-0.4, -0.2) is 41.9 Å². The molecule has 0 aliphatic carbocycles. The second-order valence-electron chi connectivity index (χ2n) is 6.13. The summed E-state index contributed by atoms with van der Waals surface area (Å²) in [5, 5.41) is 4.49. The van der Waals surface area contributed by atoms with Crippen LogP contribution in [0.1, 0.15) is 18.7 Å². The molecule has 4 rings (SSSR count). The topological polar surface area (TPSA) is 81.7 Å². The van der Waals surface area contributed by atoms with Crippen molar-refractivity contribution < 1.29 is 0 Å². The molecule has 8 heteroatoms. The Morgan fingerprint density at radius 2 is 2.12 bits per heavy atom. The molecular formula is C17H19N7O. The summed E-state index contributed by atoms with van der Waals surface area (Å²) in [5.74, 6) is 2.34. The van der Waals surface area contributed by atoms with Crippen molar-refractivity contribution in [1.82, 2.24) is 29.3 Å². The first kappa shape index (κ1) is 15.5. The minimum Gasteiger partial charge on any atom is -0.352 e. The van der Waals surface area contributed by atoms with E-state index in [2.05, 4.69) is 25.0 Å². The molecule has 3 aromatic rings. The van der Waals surface area contributed by atoms with Crippen molar-refractivity contribution in [2.24, 2.45) is 0 Å². The van der Waals surface area contributed by atoms with Crippen LogP contribution in [0, 0.1) is 6.92 Å². The highest BCUT2D eigenvalue weighted by molar-refractivity contribution is 5.40. The lowest BCUT2D eigenvalue weighted by molar-refractivity contribution is 0.484. The van der Waals surface area contributed by atoms with Crippen molar-refractivity contribution in [3.8, 4) is 5.82 Å². The number of hydrogen-bond donors (Lipinski definition) is 0. The van der Waals surface area contributed by atoms with Crippen LogP contribution in [0.15, 0.2) is 47.9 Å². The molecule has 1 aliphatic rings. The normalized spacial score (nSPS) is 17.2. The van der Waals surface area contributed by atoms with Crippen LogP contribution in [0.5, 0.6) is 0 Å². The lowest BCUT2D eigenvalue weighted by atomic mass is 10.2. The molecule has 1 fully saturated rings. The van der Waals surface area contributed by atoms with Gasteiger partial charge in [0.2, 0.25) is 0 Å². The Hall–Kier alpha value is -3.03. The molecule has 0 N–H and O–H groups in total. The molecule has 8 nitrogen and oxygen atoms in total. The van der Waals surface area contributed by atoms with E-state index in [1.165, 1.54) is 4.68 Å². The van der Waals surface area contributed by atoms with Crippen molar-refractivity contribution in [2.45, 2.75) is 32.4 Å². The van der Waals surface area contributed by atoms with Crippen molar-refractivity contribution >= 4 is 5.82 Å². The molecule has 1 atom stereocenters. The van der Waals surface area contributed by atoms with Gasteiger partial charge < -0.3 is 4.90 Å². The van der Waals surface area contributed by atoms with Crippen LogP contribution in [-0.2, 0) is 6.54 Å². The molecule has 0 bridgehead atoms. The molecule has 25 heavy (non-hydrogen) atoms. The summed E-state index contributed by atoms with van der Waals surface area (Å²) >= 11 is 0. The van der Waals surface area contributed by atoms with E-state index in [-0.39, 0.29) is 11.6 Å². The summed E-state index contributed by atoms with van der Waals surface area (Å²) in [6, 6.07) is 5.37. The highest BCUT2D eigenvalue weighted by atomic mass is 16.1. The lowest BCUT2D eigenvalue weighted by Gasteiger charge is -2.26. The Kier molecular flexibility index (Phi) is 4.01. The predicted octanol–water partition coefficient (Wildman–Crippen LogP) is 1.20. The number of hydrogen-bond acceptors (Lipinski definition) is 6. The van der Waals surface area contributed by atoms with E-state index >= 15 is 0 Å². The quantitative estimate of drug-likeness (QED) is 0.711. The van der Waals surface area contributed by atoms with E-state index in [0.717, 1.165) is 31.0 Å². The monoisotopic (exact) mass is 337 g/mol. The molecule has 0 saturated carbocycles. The number of anilines is 1. The van der Waals surface area contributed by atoms with Crippen LogP contribution < -0.4 is 10.5 Å². The zero-order valence-corrected chi connectivity index (χ0v) is 14.0. The van der Waals surface area contributed by atoms with Gasteiger partial charge in [-0.2, -0.15) is 5.10 Å². The Balaban J connectivity index is 1.61. The first-order valence-corrected chi connectivity index (χ1v) is 8.33. The van der Waals surface area contributed by atoms with Gasteiger partial charge in [0.05, 0.1) is 12.6 Å². The molecule has 1 unspecified atom stereocenters. The number of aryl methyl sites for hydroxylation is 1. The molecule has 3 aromatic heterocycles. The summed E-state index contributed by atoms with van der Waals surface area (Å²) in [4.78, 5) is 27.2. The first-order chi connectivity index (χ1) is 12.2. The number of nitrogens with zero attached hydrogens (tertiary/aromatic N) is 7. The van der Waals surface area contributed by atoms with Crippen LogP contribution >= 0.6 is 0 Å². The maximum absolute atomic E-state index is 12.3.